The number of aromatic amines is 1. The van der Waals surface area contributed by atoms with Gasteiger partial charge in [-0.3, -0.25) is 14.9 Å². The molecule has 0 aliphatic heterocycles. The molecule has 9 nitrogen and oxygen atoms in total. The Kier molecular flexibility index (Phi) is 4.92. The largest absolute Gasteiger partial charge is 0.389 e. The first-order valence-corrected chi connectivity index (χ1v) is 10.1. The van der Waals surface area contributed by atoms with Gasteiger partial charge >= 0.3 is 0 Å². The van der Waals surface area contributed by atoms with E-state index in [1.807, 2.05) is 20.2 Å². The zero-order valence-corrected chi connectivity index (χ0v) is 16.9. The van der Waals surface area contributed by atoms with Crippen LogP contribution in [0.2, 0.25) is 0 Å². The van der Waals surface area contributed by atoms with Gasteiger partial charge in [0.15, 0.2) is 11.9 Å². The van der Waals surface area contributed by atoms with Crippen molar-refractivity contribution in [3.05, 3.63) is 45.4 Å². The van der Waals surface area contributed by atoms with Crippen LogP contribution in [0.1, 0.15) is 32.4 Å². The second-order valence-corrected chi connectivity index (χ2v) is 8.17. The van der Waals surface area contributed by atoms with Crippen molar-refractivity contribution in [3.8, 4) is 0 Å². The molecule has 4 aromatic rings. The third kappa shape index (κ3) is 3.41. The number of nitrogens with one attached hydrogen (secondary N) is 1. The normalized spacial score (nSPS) is 11.6. The first-order valence-electron chi connectivity index (χ1n) is 8.41. The van der Waals surface area contributed by atoms with Gasteiger partial charge in [-0.15, -0.1) is 22.7 Å². The highest BCUT2D eigenvalue weighted by Gasteiger charge is 2.19. The Morgan fingerprint density at radius 1 is 1.46 bits per heavy atom. The fourth-order valence-corrected chi connectivity index (χ4v) is 4.54. The molecule has 0 aromatic carbocycles. The Hall–Kier alpha value is -3.05. The molecule has 4 heterocycles. The van der Waals surface area contributed by atoms with Crippen molar-refractivity contribution < 1.29 is 4.79 Å². The van der Waals surface area contributed by atoms with Crippen molar-refractivity contribution in [3.63, 3.8) is 0 Å². The van der Waals surface area contributed by atoms with E-state index in [1.54, 1.807) is 38.8 Å². The minimum absolute atomic E-state index is 0.491. The zero-order chi connectivity index (χ0) is 19.7. The average Bonchev–Trinajstić information content (AvgIpc) is 3.43. The third-order valence-corrected chi connectivity index (χ3v) is 6.07. The summed E-state index contributed by atoms with van der Waals surface area (Å²) in [6.07, 6.45) is 4.96. The molecule has 0 atom stereocenters. The number of hydrogen-bond donors (Lipinski definition) is 2. The monoisotopic (exact) mass is 414 g/mol. The summed E-state index contributed by atoms with van der Waals surface area (Å²) in [5.74, 6) is 0. The highest BCUT2D eigenvalue weighted by atomic mass is 32.1. The molecule has 0 aliphatic rings. The average molecular weight is 415 g/mol. The van der Waals surface area contributed by atoms with Crippen molar-refractivity contribution in [2.24, 2.45) is 12.1 Å². The maximum atomic E-state index is 11.6. The van der Waals surface area contributed by atoms with Crippen LogP contribution in [0.15, 0.2) is 22.9 Å². The van der Waals surface area contributed by atoms with E-state index in [2.05, 4.69) is 25.3 Å². The maximum Gasteiger partial charge on any atom is 0.167 e. The highest BCUT2D eigenvalue weighted by molar-refractivity contribution is 7.19. The number of thiazole rings is 2. The maximum absolute atomic E-state index is 11.6. The van der Waals surface area contributed by atoms with E-state index < -0.39 is 0 Å². The van der Waals surface area contributed by atoms with Crippen molar-refractivity contribution in [1.29, 1.82) is 0 Å². The molecule has 144 valence electrons. The number of aromatic nitrogens is 5. The van der Waals surface area contributed by atoms with E-state index in [4.69, 9.17) is 5.73 Å². The standard InChI is InChI=1S/C17H18N8OS2/c1-24(7-12-16(18)27-9-19-12)21-6-11-13(8-26)25(2)17-15(11)28-14(22-17)5-10-3-4-20-23-10/h3-4,6,8-9H,5,7,18H2,1-2H3,(H,20,23)/b21-6-. The number of hydrogen-bond acceptors (Lipinski definition) is 9. The number of aldehydes is 1. The minimum atomic E-state index is 0.491. The first-order chi connectivity index (χ1) is 13.6. The minimum Gasteiger partial charge on any atom is -0.389 e. The van der Waals surface area contributed by atoms with Crippen LogP contribution in [-0.2, 0) is 20.0 Å². The van der Waals surface area contributed by atoms with Crippen LogP contribution in [0.25, 0.3) is 10.3 Å². The molecule has 4 rings (SSSR count). The number of anilines is 1. The molecule has 0 radical (unpaired) electrons. The van der Waals surface area contributed by atoms with E-state index in [0.717, 1.165) is 38.6 Å². The first kappa shape index (κ1) is 18.3. The Morgan fingerprint density at radius 2 is 2.32 bits per heavy atom. The van der Waals surface area contributed by atoms with Gasteiger partial charge in [-0.05, 0) is 6.07 Å². The summed E-state index contributed by atoms with van der Waals surface area (Å²) >= 11 is 2.95. The van der Waals surface area contributed by atoms with Gasteiger partial charge in [-0.25, -0.2) is 9.97 Å². The molecular weight excluding hydrogens is 396 g/mol. The Labute approximate surface area is 168 Å². The number of aryl methyl sites for hydroxylation is 1. The molecule has 3 N–H and O–H groups in total. The Bertz CT molecular complexity index is 1140. The van der Waals surface area contributed by atoms with Gasteiger partial charge in [-0.1, -0.05) is 0 Å². The molecule has 0 amide bonds. The molecule has 0 fully saturated rings. The molecule has 11 heteroatoms. The molecule has 0 bridgehead atoms. The van der Waals surface area contributed by atoms with Crippen molar-refractivity contribution in [2.45, 2.75) is 13.0 Å². The molecular formula is C17H18N8OS2. The molecule has 0 aliphatic carbocycles. The third-order valence-electron chi connectivity index (χ3n) is 4.29. The van der Waals surface area contributed by atoms with Gasteiger partial charge < -0.3 is 10.3 Å². The van der Waals surface area contributed by atoms with E-state index in [0.29, 0.717) is 23.7 Å². The molecule has 0 spiro atoms. The summed E-state index contributed by atoms with van der Waals surface area (Å²) in [5, 5.41) is 14.8. The lowest BCUT2D eigenvalue weighted by atomic mass is 10.3. The summed E-state index contributed by atoms with van der Waals surface area (Å²) in [5.41, 5.74) is 11.4. The van der Waals surface area contributed by atoms with Gasteiger partial charge in [-0.2, -0.15) is 10.2 Å². The number of hydrazone groups is 1. The van der Waals surface area contributed by atoms with Crippen molar-refractivity contribution in [2.75, 3.05) is 12.8 Å². The summed E-state index contributed by atoms with van der Waals surface area (Å²) in [6, 6.07) is 1.92. The molecule has 0 saturated carbocycles. The smallest absolute Gasteiger partial charge is 0.167 e. The van der Waals surface area contributed by atoms with Crippen molar-refractivity contribution >= 4 is 50.5 Å². The van der Waals surface area contributed by atoms with Gasteiger partial charge in [0.25, 0.3) is 0 Å². The number of nitrogens with two attached hydrogens (primary N) is 1. The van der Waals surface area contributed by atoms with Crippen LogP contribution in [0.4, 0.5) is 5.00 Å². The fraction of sp³-hybridized carbons (Fsp3) is 0.235. The van der Waals surface area contributed by atoms with Crippen LogP contribution in [-0.4, -0.2) is 49.3 Å². The summed E-state index contributed by atoms with van der Waals surface area (Å²) < 4.78 is 2.73. The number of carbonyl (C=O) groups excluding carboxylic acids is 1. The Balaban J connectivity index is 1.63. The lowest BCUT2D eigenvalue weighted by Crippen LogP contribution is -2.12. The predicted molar refractivity (Wildman–Crippen MR) is 111 cm³/mol. The fourth-order valence-electron chi connectivity index (χ4n) is 2.87. The van der Waals surface area contributed by atoms with E-state index in [9.17, 15) is 4.79 Å². The molecule has 0 saturated heterocycles. The summed E-state index contributed by atoms with van der Waals surface area (Å²) in [6.45, 7) is 0.491. The van der Waals surface area contributed by atoms with Crippen LogP contribution in [0.3, 0.4) is 0 Å². The van der Waals surface area contributed by atoms with Crippen LogP contribution in [0, 0.1) is 0 Å². The van der Waals surface area contributed by atoms with Gasteiger partial charge in [0.2, 0.25) is 0 Å². The zero-order valence-electron chi connectivity index (χ0n) is 15.3. The lowest BCUT2D eigenvalue weighted by molar-refractivity contribution is 0.111. The van der Waals surface area contributed by atoms with Crippen LogP contribution < -0.4 is 5.73 Å². The second kappa shape index (κ2) is 7.52. The van der Waals surface area contributed by atoms with Crippen LogP contribution >= 0.6 is 22.7 Å². The quantitative estimate of drug-likeness (QED) is 0.272. The lowest BCUT2D eigenvalue weighted by Gasteiger charge is -2.11. The highest BCUT2D eigenvalue weighted by Crippen LogP contribution is 2.30. The topological polar surface area (TPSA) is 118 Å². The van der Waals surface area contributed by atoms with E-state index >= 15 is 0 Å². The van der Waals surface area contributed by atoms with Gasteiger partial charge in [0.05, 0.1) is 40.1 Å². The molecule has 0 unspecified atom stereocenters. The second-order valence-electron chi connectivity index (χ2n) is 6.20. The van der Waals surface area contributed by atoms with Crippen LogP contribution in [0.5, 0.6) is 0 Å². The van der Waals surface area contributed by atoms with Gasteiger partial charge in [0, 0.05) is 32.3 Å². The number of nitrogen functional groups attached to an aromatic ring is 1. The number of rotatable bonds is 7. The summed E-state index contributed by atoms with van der Waals surface area (Å²) in [7, 11) is 3.67. The number of H-pyrrole nitrogens is 1. The SMILES string of the molecule is CN(Cc1ncsc1N)/N=C\c1c(C=O)n(C)c2nc(Cc3cc[nH]n3)sc12. The Morgan fingerprint density at radius 3 is 3.00 bits per heavy atom. The molecule has 28 heavy (non-hydrogen) atoms. The van der Waals surface area contributed by atoms with Gasteiger partial charge in [0.1, 0.15) is 10.0 Å². The number of fused-ring (bicyclic) bond motifs is 1. The number of nitrogens with zero attached hydrogens (tertiary/aromatic N) is 6. The number of carbonyl (C=O) groups is 1. The van der Waals surface area contributed by atoms with E-state index in [-0.39, 0.29) is 0 Å². The predicted octanol–water partition coefficient (Wildman–Crippen LogP) is 2.27. The van der Waals surface area contributed by atoms with Crippen molar-refractivity contribution in [1.82, 2.24) is 29.7 Å². The summed E-state index contributed by atoms with van der Waals surface area (Å²) in [4.78, 5) is 20.6. The van der Waals surface area contributed by atoms with E-state index in [1.165, 1.54) is 11.3 Å². The molecule has 4 aromatic heterocycles.